The minimum atomic E-state index is -0.0625. The molecular weight excluding hydrogens is 118 g/mol. The van der Waals surface area contributed by atoms with E-state index in [1.54, 1.807) is 0 Å². The van der Waals surface area contributed by atoms with Crippen molar-refractivity contribution in [3.63, 3.8) is 0 Å². The Labute approximate surface area is 55.4 Å². The van der Waals surface area contributed by atoms with Crippen molar-refractivity contribution in [2.45, 2.75) is 19.9 Å². The van der Waals surface area contributed by atoms with Gasteiger partial charge in [0.15, 0.2) is 0 Å². The molecular formula is C6H13NO2. The molecule has 0 rings (SSSR count). The first-order valence-electron chi connectivity index (χ1n) is 2.95. The molecule has 0 aliphatic heterocycles. The maximum Gasteiger partial charge on any atom is 0.246 e. The standard InChI is InChI=1S/C6H13NO2/c1-5(2)7-6(8)4-9-3/h5H,4H2,1-3H3,(H,7,8). The summed E-state index contributed by atoms with van der Waals surface area (Å²) in [6.07, 6.45) is 0. The molecule has 0 bridgehead atoms. The van der Waals surface area contributed by atoms with Crippen LogP contribution in [0.2, 0.25) is 0 Å². The van der Waals surface area contributed by atoms with Crippen molar-refractivity contribution in [2.75, 3.05) is 13.7 Å². The highest BCUT2D eigenvalue weighted by molar-refractivity contribution is 5.77. The molecule has 0 aromatic carbocycles. The second-order valence-corrected chi connectivity index (χ2v) is 2.16. The monoisotopic (exact) mass is 131 g/mol. The highest BCUT2D eigenvalue weighted by atomic mass is 16.5. The molecule has 0 unspecified atom stereocenters. The number of carbonyl (C=O) groups is 1. The van der Waals surface area contributed by atoms with E-state index in [0.29, 0.717) is 0 Å². The van der Waals surface area contributed by atoms with Gasteiger partial charge in [-0.05, 0) is 13.8 Å². The molecule has 0 aromatic rings. The van der Waals surface area contributed by atoms with Gasteiger partial charge in [0, 0.05) is 13.2 Å². The van der Waals surface area contributed by atoms with Crippen LogP contribution in [0.15, 0.2) is 0 Å². The molecule has 3 nitrogen and oxygen atoms in total. The molecule has 9 heavy (non-hydrogen) atoms. The van der Waals surface area contributed by atoms with Gasteiger partial charge in [0.05, 0.1) is 0 Å². The lowest BCUT2D eigenvalue weighted by Crippen LogP contribution is -2.32. The Hall–Kier alpha value is -0.570. The van der Waals surface area contributed by atoms with Gasteiger partial charge in [-0.2, -0.15) is 0 Å². The SMILES string of the molecule is COCC(=O)NC(C)C. The van der Waals surface area contributed by atoms with Gasteiger partial charge in [-0.1, -0.05) is 0 Å². The average Bonchev–Trinajstić information content (AvgIpc) is 1.63. The zero-order valence-corrected chi connectivity index (χ0v) is 6.10. The number of nitrogens with one attached hydrogen (secondary N) is 1. The second-order valence-electron chi connectivity index (χ2n) is 2.16. The van der Waals surface area contributed by atoms with Gasteiger partial charge in [-0.15, -0.1) is 0 Å². The lowest BCUT2D eigenvalue weighted by atomic mass is 10.4. The summed E-state index contributed by atoms with van der Waals surface area (Å²) in [6.45, 7) is 3.97. The molecule has 0 heterocycles. The topological polar surface area (TPSA) is 38.3 Å². The third-order valence-corrected chi connectivity index (χ3v) is 0.725. The smallest absolute Gasteiger partial charge is 0.246 e. The van der Waals surface area contributed by atoms with E-state index in [9.17, 15) is 4.79 Å². The van der Waals surface area contributed by atoms with E-state index >= 15 is 0 Å². The Morgan fingerprint density at radius 1 is 1.67 bits per heavy atom. The molecule has 0 aliphatic carbocycles. The summed E-state index contributed by atoms with van der Waals surface area (Å²) < 4.78 is 4.59. The van der Waals surface area contributed by atoms with Gasteiger partial charge in [0.25, 0.3) is 0 Å². The fraction of sp³-hybridized carbons (Fsp3) is 0.833. The Kier molecular flexibility index (Phi) is 4.05. The van der Waals surface area contributed by atoms with Crippen molar-refractivity contribution in [3.8, 4) is 0 Å². The normalized spacial score (nSPS) is 9.78. The molecule has 3 heteroatoms. The highest BCUT2D eigenvalue weighted by Crippen LogP contribution is 1.76. The number of hydrogen-bond acceptors (Lipinski definition) is 2. The number of amides is 1. The fourth-order valence-corrected chi connectivity index (χ4v) is 0.495. The molecule has 0 spiro atoms. The van der Waals surface area contributed by atoms with Crippen LogP contribution in [0.5, 0.6) is 0 Å². The van der Waals surface area contributed by atoms with Gasteiger partial charge in [-0.3, -0.25) is 4.79 Å². The summed E-state index contributed by atoms with van der Waals surface area (Å²) in [6, 6.07) is 0.202. The molecule has 0 atom stereocenters. The third-order valence-electron chi connectivity index (χ3n) is 0.725. The molecule has 1 amide bonds. The third kappa shape index (κ3) is 5.30. The van der Waals surface area contributed by atoms with Crippen molar-refractivity contribution in [1.82, 2.24) is 5.32 Å². The highest BCUT2D eigenvalue weighted by Gasteiger charge is 1.99. The first kappa shape index (κ1) is 8.43. The van der Waals surface area contributed by atoms with Gasteiger partial charge in [0.2, 0.25) is 5.91 Å². The molecule has 0 radical (unpaired) electrons. The van der Waals surface area contributed by atoms with Crippen LogP contribution in [0.25, 0.3) is 0 Å². The van der Waals surface area contributed by atoms with Crippen LogP contribution in [0.4, 0.5) is 0 Å². The predicted molar refractivity (Wildman–Crippen MR) is 35.2 cm³/mol. The van der Waals surface area contributed by atoms with Crippen molar-refractivity contribution in [2.24, 2.45) is 0 Å². The zero-order valence-electron chi connectivity index (χ0n) is 6.10. The molecule has 0 fully saturated rings. The van der Waals surface area contributed by atoms with Crippen LogP contribution in [-0.2, 0) is 9.53 Å². The summed E-state index contributed by atoms with van der Waals surface area (Å²) >= 11 is 0. The second kappa shape index (κ2) is 4.32. The molecule has 54 valence electrons. The maximum atomic E-state index is 10.6. The van der Waals surface area contributed by atoms with Gasteiger partial charge in [-0.25, -0.2) is 0 Å². The minimum absolute atomic E-state index is 0.0625. The van der Waals surface area contributed by atoms with Gasteiger partial charge in [0.1, 0.15) is 6.61 Å². The van der Waals surface area contributed by atoms with Crippen LogP contribution in [-0.4, -0.2) is 25.7 Å². The summed E-state index contributed by atoms with van der Waals surface area (Å²) in [7, 11) is 1.50. The molecule has 0 aliphatic rings. The Bertz CT molecular complexity index is 91.1. The Morgan fingerprint density at radius 3 is 2.56 bits per heavy atom. The van der Waals surface area contributed by atoms with Crippen molar-refractivity contribution >= 4 is 5.91 Å². The van der Waals surface area contributed by atoms with Crippen molar-refractivity contribution in [1.29, 1.82) is 0 Å². The maximum absolute atomic E-state index is 10.6. The molecule has 1 N–H and O–H groups in total. The average molecular weight is 131 g/mol. The lowest BCUT2D eigenvalue weighted by Gasteiger charge is -2.05. The summed E-state index contributed by atoms with van der Waals surface area (Å²) in [5, 5.41) is 2.68. The first-order chi connectivity index (χ1) is 4.16. The van der Waals surface area contributed by atoms with E-state index in [4.69, 9.17) is 0 Å². The number of methoxy groups -OCH3 is 1. The summed E-state index contributed by atoms with van der Waals surface area (Å²) in [5.74, 6) is -0.0625. The molecule has 0 saturated carbocycles. The first-order valence-corrected chi connectivity index (χ1v) is 2.95. The van der Waals surface area contributed by atoms with Crippen LogP contribution < -0.4 is 5.32 Å². The van der Waals surface area contributed by atoms with Gasteiger partial charge >= 0.3 is 0 Å². The minimum Gasteiger partial charge on any atom is -0.375 e. The van der Waals surface area contributed by atoms with E-state index in [1.807, 2.05) is 13.8 Å². The Balaban J connectivity index is 3.27. The lowest BCUT2D eigenvalue weighted by molar-refractivity contribution is -0.125. The van der Waals surface area contributed by atoms with E-state index in [-0.39, 0.29) is 18.6 Å². The fourth-order valence-electron chi connectivity index (χ4n) is 0.495. The largest absolute Gasteiger partial charge is 0.375 e. The number of hydrogen-bond donors (Lipinski definition) is 1. The van der Waals surface area contributed by atoms with Crippen molar-refractivity contribution < 1.29 is 9.53 Å². The van der Waals surface area contributed by atoms with Gasteiger partial charge < -0.3 is 10.1 Å². The van der Waals surface area contributed by atoms with E-state index in [1.165, 1.54) is 7.11 Å². The molecule has 0 saturated heterocycles. The zero-order chi connectivity index (χ0) is 7.28. The molecule has 0 aromatic heterocycles. The number of rotatable bonds is 3. The van der Waals surface area contributed by atoms with Crippen LogP contribution in [0.3, 0.4) is 0 Å². The summed E-state index contributed by atoms with van der Waals surface area (Å²) in [5.41, 5.74) is 0. The van der Waals surface area contributed by atoms with Crippen LogP contribution >= 0.6 is 0 Å². The van der Waals surface area contributed by atoms with E-state index < -0.39 is 0 Å². The Morgan fingerprint density at radius 2 is 2.22 bits per heavy atom. The van der Waals surface area contributed by atoms with Crippen LogP contribution in [0.1, 0.15) is 13.8 Å². The summed E-state index contributed by atoms with van der Waals surface area (Å²) in [4.78, 5) is 10.6. The quantitative estimate of drug-likeness (QED) is 0.592. The predicted octanol–water partition coefficient (Wildman–Crippen LogP) is 0.157. The van der Waals surface area contributed by atoms with E-state index in [2.05, 4.69) is 10.1 Å². The number of carbonyl (C=O) groups excluding carboxylic acids is 1. The van der Waals surface area contributed by atoms with E-state index in [0.717, 1.165) is 0 Å². The number of ether oxygens (including phenoxy) is 1. The van der Waals surface area contributed by atoms with Crippen molar-refractivity contribution in [3.05, 3.63) is 0 Å². The van der Waals surface area contributed by atoms with Crippen LogP contribution in [0, 0.1) is 0 Å².